The molecule has 0 radical (unpaired) electrons. The number of hydrogen-bond donors (Lipinski definition) is 2. The normalized spacial score (nSPS) is 12.8. The number of benzene rings is 1. The van der Waals surface area contributed by atoms with Crippen LogP contribution in [0, 0.1) is 0 Å². The highest BCUT2D eigenvalue weighted by atomic mass is 32.2. The molecule has 0 fully saturated rings. The van der Waals surface area contributed by atoms with Gasteiger partial charge in [0.1, 0.15) is 5.60 Å². The van der Waals surface area contributed by atoms with Crippen molar-refractivity contribution in [1.82, 2.24) is 10.6 Å². The summed E-state index contributed by atoms with van der Waals surface area (Å²) in [4.78, 5) is 35.6. The van der Waals surface area contributed by atoms with Crippen LogP contribution in [0.3, 0.4) is 0 Å². The molecule has 0 bridgehead atoms. The summed E-state index contributed by atoms with van der Waals surface area (Å²) in [5.74, 6) is 0.315. The second-order valence-electron chi connectivity index (χ2n) is 8.75. The van der Waals surface area contributed by atoms with Gasteiger partial charge in [-0.05, 0) is 65.7 Å². The van der Waals surface area contributed by atoms with Crippen molar-refractivity contribution in [3.05, 3.63) is 35.4 Å². The molecular weight excluding hydrogens is 376 g/mol. The zero-order valence-corrected chi connectivity index (χ0v) is 18.7. The predicted molar refractivity (Wildman–Crippen MR) is 114 cm³/mol. The number of alkyl carbamates (subject to hydrolysis) is 1. The first-order valence-corrected chi connectivity index (χ1v) is 10.3. The molecule has 1 atom stereocenters. The third kappa shape index (κ3) is 10.3. The van der Waals surface area contributed by atoms with Crippen molar-refractivity contribution in [3.8, 4) is 0 Å². The molecule has 2 N–H and O–H groups in total. The zero-order valence-electron chi connectivity index (χ0n) is 17.8. The maximum Gasteiger partial charge on any atom is 0.407 e. The molecule has 28 heavy (non-hydrogen) atoms. The van der Waals surface area contributed by atoms with Crippen LogP contribution in [-0.2, 0) is 16.0 Å². The Kier molecular flexibility index (Phi) is 8.54. The molecule has 1 aromatic carbocycles. The van der Waals surface area contributed by atoms with Crippen molar-refractivity contribution in [2.24, 2.45) is 0 Å². The minimum absolute atomic E-state index is 0.00909. The molecule has 0 spiro atoms. The minimum atomic E-state index is -0.593. The van der Waals surface area contributed by atoms with Crippen molar-refractivity contribution >= 4 is 28.9 Å². The van der Waals surface area contributed by atoms with Gasteiger partial charge in [-0.3, -0.25) is 9.59 Å². The largest absolute Gasteiger partial charge is 0.444 e. The number of carbonyl (C=O) groups is 3. The van der Waals surface area contributed by atoms with Gasteiger partial charge in [0.05, 0.1) is 0 Å². The lowest BCUT2D eigenvalue weighted by Crippen LogP contribution is -2.41. The Morgan fingerprint density at radius 3 is 2.07 bits per heavy atom. The van der Waals surface area contributed by atoms with Gasteiger partial charge in [0.25, 0.3) is 5.91 Å². The van der Waals surface area contributed by atoms with Gasteiger partial charge >= 0.3 is 6.09 Å². The van der Waals surface area contributed by atoms with E-state index in [1.807, 2.05) is 32.9 Å². The molecule has 0 saturated heterocycles. The Morgan fingerprint density at radius 2 is 1.61 bits per heavy atom. The minimum Gasteiger partial charge on any atom is -0.444 e. The van der Waals surface area contributed by atoms with Gasteiger partial charge in [0.15, 0.2) is 5.12 Å². The molecule has 0 heterocycles. The Morgan fingerprint density at radius 1 is 1.04 bits per heavy atom. The lowest BCUT2D eigenvalue weighted by molar-refractivity contribution is -0.109. The molecule has 1 rings (SSSR count). The van der Waals surface area contributed by atoms with E-state index in [2.05, 4.69) is 10.6 Å². The summed E-state index contributed by atoms with van der Waals surface area (Å²) in [6.07, 6.45) is 0.0172. The van der Waals surface area contributed by atoms with Crippen LogP contribution in [0.4, 0.5) is 4.79 Å². The van der Waals surface area contributed by atoms with E-state index in [0.717, 1.165) is 17.3 Å². The van der Waals surface area contributed by atoms with Crippen LogP contribution in [0.2, 0.25) is 0 Å². The third-order valence-corrected chi connectivity index (χ3v) is 4.37. The van der Waals surface area contributed by atoms with Gasteiger partial charge in [0, 0.05) is 29.8 Å². The molecule has 7 heteroatoms. The van der Waals surface area contributed by atoms with E-state index in [9.17, 15) is 14.4 Å². The Hall–Kier alpha value is -2.02. The van der Waals surface area contributed by atoms with Crippen LogP contribution in [0.25, 0.3) is 0 Å². The standard InChI is InChI=1S/C21H32N2O4S/c1-14(24)28-13-17(22-19(26)27-21(5,6)7)12-15-8-10-16(11-9-15)18(25)23-20(2,3)4/h8-11,17H,12-13H2,1-7H3,(H,22,26)(H,23,25). The first kappa shape index (κ1) is 24.0. The summed E-state index contributed by atoms with van der Waals surface area (Å²) in [6, 6.07) is 6.98. The number of hydrogen-bond acceptors (Lipinski definition) is 5. The summed E-state index contributed by atoms with van der Waals surface area (Å²) < 4.78 is 5.31. The first-order chi connectivity index (χ1) is 12.7. The highest BCUT2D eigenvalue weighted by molar-refractivity contribution is 8.13. The Bertz CT molecular complexity index is 688. The fourth-order valence-electron chi connectivity index (χ4n) is 2.33. The SMILES string of the molecule is CC(=O)SCC(Cc1ccc(C(=O)NC(C)(C)C)cc1)NC(=O)OC(C)(C)C. The van der Waals surface area contributed by atoms with Gasteiger partial charge in [-0.15, -0.1) is 0 Å². The molecule has 0 aromatic heterocycles. The molecule has 1 unspecified atom stereocenters. The van der Waals surface area contributed by atoms with Gasteiger partial charge in [-0.25, -0.2) is 4.79 Å². The fraction of sp³-hybridized carbons (Fsp3) is 0.571. The van der Waals surface area contributed by atoms with E-state index in [0.29, 0.717) is 17.7 Å². The molecule has 6 nitrogen and oxygen atoms in total. The quantitative estimate of drug-likeness (QED) is 0.745. The molecule has 0 aliphatic heterocycles. The number of ether oxygens (including phenoxy) is 1. The van der Waals surface area contributed by atoms with Crippen LogP contribution in [0.15, 0.2) is 24.3 Å². The smallest absolute Gasteiger partial charge is 0.407 e. The van der Waals surface area contributed by atoms with Gasteiger partial charge in [-0.1, -0.05) is 23.9 Å². The Labute approximate surface area is 172 Å². The molecule has 2 amide bonds. The highest BCUT2D eigenvalue weighted by Crippen LogP contribution is 2.14. The van der Waals surface area contributed by atoms with Crippen LogP contribution in [0.5, 0.6) is 0 Å². The summed E-state index contributed by atoms with van der Waals surface area (Å²) in [5.41, 5.74) is 0.637. The number of carbonyl (C=O) groups excluding carboxylic acids is 3. The number of rotatable bonds is 6. The number of thioether (sulfide) groups is 1. The van der Waals surface area contributed by atoms with Crippen molar-refractivity contribution in [3.63, 3.8) is 0 Å². The summed E-state index contributed by atoms with van der Waals surface area (Å²) in [6.45, 7) is 12.7. The highest BCUT2D eigenvalue weighted by Gasteiger charge is 2.21. The summed E-state index contributed by atoms with van der Waals surface area (Å²) >= 11 is 1.16. The van der Waals surface area contributed by atoms with E-state index in [4.69, 9.17) is 4.74 Å². The molecule has 156 valence electrons. The number of amides is 2. The van der Waals surface area contributed by atoms with E-state index >= 15 is 0 Å². The van der Waals surface area contributed by atoms with E-state index in [1.54, 1.807) is 32.9 Å². The second-order valence-corrected chi connectivity index (χ2v) is 9.95. The average molecular weight is 409 g/mol. The van der Waals surface area contributed by atoms with Crippen molar-refractivity contribution in [2.75, 3.05) is 5.75 Å². The number of nitrogens with one attached hydrogen (secondary N) is 2. The van der Waals surface area contributed by atoms with E-state index < -0.39 is 11.7 Å². The Balaban J connectivity index is 2.80. The lowest BCUT2D eigenvalue weighted by Gasteiger charge is -2.23. The second kappa shape index (κ2) is 9.96. The van der Waals surface area contributed by atoms with Crippen LogP contribution >= 0.6 is 11.8 Å². The van der Waals surface area contributed by atoms with Crippen LogP contribution in [0.1, 0.15) is 64.4 Å². The fourth-order valence-corrected chi connectivity index (χ4v) is 2.97. The van der Waals surface area contributed by atoms with E-state index in [-0.39, 0.29) is 22.6 Å². The van der Waals surface area contributed by atoms with Gasteiger partial charge < -0.3 is 15.4 Å². The van der Waals surface area contributed by atoms with Crippen LogP contribution < -0.4 is 10.6 Å². The monoisotopic (exact) mass is 408 g/mol. The van der Waals surface area contributed by atoms with E-state index in [1.165, 1.54) is 6.92 Å². The topological polar surface area (TPSA) is 84.5 Å². The lowest BCUT2D eigenvalue weighted by atomic mass is 10.0. The van der Waals surface area contributed by atoms with Crippen LogP contribution in [-0.4, -0.2) is 40.1 Å². The first-order valence-electron chi connectivity index (χ1n) is 9.29. The molecule has 0 aliphatic rings. The molecular formula is C21H32N2O4S. The summed E-state index contributed by atoms with van der Waals surface area (Å²) in [5, 5.41) is 5.75. The molecule has 0 aliphatic carbocycles. The van der Waals surface area contributed by atoms with Gasteiger partial charge in [0.2, 0.25) is 0 Å². The predicted octanol–water partition coefficient (Wildman–Crippen LogP) is 3.93. The molecule has 0 saturated carbocycles. The maximum absolute atomic E-state index is 12.2. The average Bonchev–Trinajstić information content (AvgIpc) is 2.49. The van der Waals surface area contributed by atoms with Gasteiger partial charge in [-0.2, -0.15) is 0 Å². The van der Waals surface area contributed by atoms with Crippen molar-refractivity contribution in [1.29, 1.82) is 0 Å². The summed E-state index contributed by atoms with van der Waals surface area (Å²) in [7, 11) is 0. The maximum atomic E-state index is 12.2. The third-order valence-electron chi connectivity index (χ3n) is 3.40. The molecule has 1 aromatic rings. The van der Waals surface area contributed by atoms with Crippen molar-refractivity contribution in [2.45, 2.75) is 72.1 Å². The van der Waals surface area contributed by atoms with Crippen molar-refractivity contribution < 1.29 is 19.1 Å². The zero-order chi connectivity index (χ0) is 21.5.